The summed E-state index contributed by atoms with van der Waals surface area (Å²) in [4.78, 5) is 43.6. The van der Waals surface area contributed by atoms with E-state index >= 15 is 0 Å². The van der Waals surface area contributed by atoms with Crippen LogP contribution < -0.4 is 14.4 Å². The standard InChI is InChI=1S/C33H32N2O5/c1-4-5-20-40-25-15-13-24(14-16-25)31(36)34(28-17-12-22(2)21-29(28)39-3)18-19-35-32(37)26-10-6-8-23-9-7-11-27(30(23)26)33(35)38/h6-17,21H,4-5,18-20H2,1-3H3. The van der Waals surface area contributed by atoms with Crippen LogP contribution in [0.4, 0.5) is 5.69 Å². The highest BCUT2D eigenvalue weighted by Gasteiger charge is 2.33. The van der Waals surface area contributed by atoms with Gasteiger partial charge in [0, 0.05) is 35.2 Å². The third-order valence-electron chi connectivity index (χ3n) is 7.14. The number of unbranched alkanes of at least 4 members (excludes halogenated alkanes) is 1. The lowest BCUT2D eigenvalue weighted by Gasteiger charge is -2.31. The zero-order chi connectivity index (χ0) is 28.2. The second kappa shape index (κ2) is 11.6. The lowest BCUT2D eigenvalue weighted by atomic mass is 9.94. The summed E-state index contributed by atoms with van der Waals surface area (Å²) in [5.74, 6) is 0.208. The highest BCUT2D eigenvalue weighted by Crippen LogP contribution is 2.33. The highest BCUT2D eigenvalue weighted by molar-refractivity contribution is 6.25. The van der Waals surface area contributed by atoms with Crippen molar-refractivity contribution in [2.24, 2.45) is 0 Å². The maximum atomic E-state index is 13.9. The lowest BCUT2D eigenvalue weighted by molar-refractivity contribution is 0.0611. The number of methoxy groups -OCH3 is 1. The number of nitrogens with zero attached hydrogens (tertiary/aromatic N) is 2. The van der Waals surface area contributed by atoms with E-state index in [0.29, 0.717) is 45.9 Å². The van der Waals surface area contributed by atoms with E-state index in [1.807, 2.05) is 49.4 Å². The number of aryl methyl sites for hydroxylation is 1. The maximum absolute atomic E-state index is 13.9. The van der Waals surface area contributed by atoms with E-state index in [9.17, 15) is 14.4 Å². The number of anilines is 1. The second-order valence-electron chi connectivity index (χ2n) is 9.83. The molecule has 0 bridgehead atoms. The van der Waals surface area contributed by atoms with Gasteiger partial charge in [0.05, 0.1) is 19.4 Å². The van der Waals surface area contributed by atoms with Crippen molar-refractivity contribution >= 4 is 34.2 Å². The van der Waals surface area contributed by atoms with Crippen molar-refractivity contribution < 1.29 is 23.9 Å². The van der Waals surface area contributed by atoms with Crippen LogP contribution in [-0.2, 0) is 0 Å². The molecule has 1 aliphatic rings. The number of imide groups is 1. The maximum Gasteiger partial charge on any atom is 0.261 e. The number of rotatable bonds is 10. The Kier molecular flexibility index (Phi) is 7.82. The molecule has 4 aromatic carbocycles. The summed E-state index contributed by atoms with van der Waals surface area (Å²) in [5.41, 5.74) is 2.96. The highest BCUT2D eigenvalue weighted by atomic mass is 16.5. The van der Waals surface area contributed by atoms with Gasteiger partial charge in [-0.25, -0.2) is 0 Å². The van der Waals surface area contributed by atoms with Crippen molar-refractivity contribution in [1.82, 2.24) is 4.90 Å². The van der Waals surface area contributed by atoms with Gasteiger partial charge in [-0.15, -0.1) is 0 Å². The van der Waals surface area contributed by atoms with Crippen LogP contribution in [-0.4, -0.2) is 49.4 Å². The van der Waals surface area contributed by atoms with Gasteiger partial charge in [-0.2, -0.15) is 0 Å². The molecule has 5 rings (SSSR count). The number of carbonyl (C=O) groups excluding carboxylic acids is 3. The van der Waals surface area contributed by atoms with Gasteiger partial charge in [0.1, 0.15) is 11.5 Å². The minimum absolute atomic E-state index is 0.0172. The fourth-order valence-corrected chi connectivity index (χ4v) is 5.01. The number of carbonyl (C=O) groups is 3. The quantitative estimate of drug-likeness (QED) is 0.176. The van der Waals surface area contributed by atoms with E-state index in [-0.39, 0.29) is 30.8 Å². The Bertz CT molecular complexity index is 1530. The molecular weight excluding hydrogens is 504 g/mol. The predicted octanol–water partition coefficient (Wildman–Crippen LogP) is 6.28. The van der Waals surface area contributed by atoms with Crippen LogP contribution in [0.5, 0.6) is 11.5 Å². The monoisotopic (exact) mass is 536 g/mol. The van der Waals surface area contributed by atoms with Gasteiger partial charge in [-0.3, -0.25) is 19.3 Å². The molecular formula is C33H32N2O5. The van der Waals surface area contributed by atoms with Gasteiger partial charge in [0.2, 0.25) is 0 Å². The number of ether oxygens (including phenoxy) is 2. The fraction of sp³-hybridized carbons (Fsp3) is 0.242. The molecule has 0 saturated carbocycles. The SMILES string of the molecule is CCCCOc1ccc(C(=O)N(CCN2C(=O)c3cccc4cccc(c34)C2=O)c2ccc(C)cc2OC)cc1. The van der Waals surface area contributed by atoms with Crippen LogP contribution >= 0.6 is 0 Å². The van der Waals surface area contributed by atoms with Crippen LogP contribution in [0.25, 0.3) is 10.8 Å². The summed E-state index contributed by atoms with van der Waals surface area (Å²) in [6.45, 7) is 4.76. The molecule has 0 radical (unpaired) electrons. The minimum atomic E-state index is -0.369. The third kappa shape index (κ3) is 5.15. The molecule has 0 aliphatic carbocycles. The minimum Gasteiger partial charge on any atom is -0.495 e. The van der Waals surface area contributed by atoms with Gasteiger partial charge >= 0.3 is 0 Å². The van der Waals surface area contributed by atoms with Gasteiger partial charge < -0.3 is 14.4 Å². The number of amides is 3. The summed E-state index contributed by atoms with van der Waals surface area (Å²) in [5, 5.41) is 1.52. The van der Waals surface area contributed by atoms with Gasteiger partial charge in [-0.1, -0.05) is 43.7 Å². The first-order valence-electron chi connectivity index (χ1n) is 13.5. The Balaban J connectivity index is 1.45. The molecule has 1 aliphatic heterocycles. The Hall–Kier alpha value is -4.65. The van der Waals surface area contributed by atoms with E-state index in [2.05, 4.69) is 6.92 Å². The zero-order valence-corrected chi connectivity index (χ0v) is 23.0. The van der Waals surface area contributed by atoms with Crippen LogP contribution in [0.1, 0.15) is 56.4 Å². The Morgan fingerprint density at radius 1 is 0.900 bits per heavy atom. The van der Waals surface area contributed by atoms with Crippen molar-refractivity contribution in [3.63, 3.8) is 0 Å². The molecule has 7 heteroatoms. The fourth-order valence-electron chi connectivity index (χ4n) is 5.01. The molecule has 0 spiro atoms. The molecule has 7 nitrogen and oxygen atoms in total. The average molecular weight is 537 g/mol. The number of benzene rings is 4. The Labute approximate surface area is 233 Å². The van der Waals surface area contributed by atoms with Crippen LogP contribution in [0.15, 0.2) is 78.9 Å². The summed E-state index contributed by atoms with van der Waals surface area (Å²) < 4.78 is 11.4. The van der Waals surface area contributed by atoms with E-state index in [1.165, 1.54) is 4.90 Å². The summed E-state index contributed by atoms with van der Waals surface area (Å²) in [6, 6.07) is 23.5. The van der Waals surface area contributed by atoms with Crippen LogP contribution in [0.2, 0.25) is 0 Å². The first-order chi connectivity index (χ1) is 19.4. The van der Waals surface area contributed by atoms with Crippen molar-refractivity contribution in [2.75, 3.05) is 31.7 Å². The zero-order valence-electron chi connectivity index (χ0n) is 23.0. The summed E-state index contributed by atoms with van der Waals surface area (Å²) in [7, 11) is 1.55. The molecule has 4 aromatic rings. The normalized spacial score (nSPS) is 12.5. The molecule has 40 heavy (non-hydrogen) atoms. The smallest absolute Gasteiger partial charge is 0.261 e. The molecule has 3 amide bonds. The van der Waals surface area contributed by atoms with E-state index in [0.717, 1.165) is 23.8 Å². The summed E-state index contributed by atoms with van der Waals surface area (Å²) >= 11 is 0. The van der Waals surface area contributed by atoms with E-state index in [1.54, 1.807) is 48.4 Å². The van der Waals surface area contributed by atoms with Gasteiger partial charge in [-0.05, 0) is 72.8 Å². The Morgan fingerprint density at radius 3 is 2.20 bits per heavy atom. The molecule has 0 N–H and O–H groups in total. The van der Waals surface area contributed by atoms with Crippen molar-refractivity contribution in [1.29, 1.82) is 0 Å². The largest absolute Gasteiger partial charge is 0.495 e. The van der Waals surface area contributed by atoms with Gasteiger partial charge in [0.25, 0.3) is 17.7 Å². The molecule has 204 valence electrons. The number of hydrogen-bond acceptors (Lipinski definition) is 5. The van der Waals surface area contributed by atoms with E-state index < -0.39 is 0 Å². The van der Waals surface area contributed by atoms with Crippen molar-refractivity contribution in [3.8, 4) is 11.5 Å². The first kappa shape index (κ1) is 26.9. The molecule has 0 saturated heterocycles. The first-order valence-corrected chi connectivity index (χ1v) is 13.5. The van der Waals surface area contributed by atoms with Gasteiger partial charge in [0.15, 0.2) is 0 Å². The molecule has 1 heterocycles. The third-order valence-corrected chi connectivity index (χ3v) is 7.14. The molecule has 0 fully saturated rings. The average Bonchev–Trinajstić information content (AvgIpc) is 2.98. The molecule has 0 unspecified atom stereocenters. The lowest BCUT2D eigenvalue weighted by Crippen LogP contribution is -2.46. The predicted molar refractivity (Wildman–Crippen MR) is 156 cm³/mol. The summed E-state index contributed by atoms with van der Waals surface area (Å²) in [6.07, 6.45) is 1.99. The van der Waals surface area contributed by atoms with Crippen LogP contribution in [0.3, 0.4) is 0 Å². The van der Waals surface area contributed by atoms with E-state index in [4.69, 9.17) is 9.47 Å². The number of hydrogen-bond donors (Lipinski definition) is 0. The van der Waals surface area contributed by atoms with Crippen molar-refractivity contribution in [3.05, 3.63) is 101 Å². The van der Waals surface area contributed by atoms with Crippen LogP contribution in [0, 0.1) is 6.92 Å². The molecule has 0 aromatic heterocycles. The molecule has 0 atom stereocenters. The Morgan fingerprint density at radius 2 is 1.57 bits per heavy atom. The second-order valence-corrected chi connectivity index (χ2v) is 9.83. The topological polar surface area (TPSA) is 76.2 Å². The van der Waals surface area contributed by atoms with Crippen molar-refractivity contribution in [2.45, 2.75) is 26.7 Å².